The van der Waals surface area contributed by atoms with E-state index in [1.807, 2.05) is 0 Å². The molecular formula is C24H25F2N3O2. The lowest BCUT2D eigenvalue weighted by Gasteiger charge is -2.34. The van der Waals surface area contributed by atoms with Gasteiger partial charge in [0.05, 0.1) is 11.6 Å². The molecule has 0 radical (unpaired) electrons. The zero-order chi connectivity index (χ0) is 22.0. The summed E-state index contributed by atoms with van der Waals surface area (Å²) in [5.41, 5.74) is 1.91. The normalized spacial score (nSPS) is 19.7. The van der Waals surface area contributed by atoms with E-state index in [2.05, 4.69) is 15.6 Å². The standard InChI is InChI=1S/C24H25F2N3O2/c1-27-23(30)15-11-9-14(10-12-15)22(16-5-2-3-6-18(16)25)29-24(31)17-13-28-20-8-4-7-19(26)21(17)20/h4,7-13,16,18,22,28H,2-3,5-6H2,1H3,(H,27,30)(H,29,31). The van der Waals surface area contributed by atoms with Crippen LogP contribution in [0.2, 0.25) is 0 Å². The van der Waals surface area contributed by atoms with Crippen molar-refractivity contribution in [3.05, 3.63) is 71.2 Å². The molecule has 3 N–H and O–H groups in total. The zero-order valence-corrected chi connectivity index (χ0v) is 17.3. The fourth-order valence-electron chi connectivity index (χ4n) is 4.45. The first kappa shape index (κ1) is 21.0. The molecule has 0 spiro atoms. The van der Waals surface area contributed by atoms with E-state index in [4.69, 9.17) is 0 Å². The van der Waals surface area contributed by atoms with E-state index in [1.54, 1.807) is 43.4 Å². The summed E-state index contributed by atoms with van der Waals surface area (Å²) < 4.78 is 29.2. The van der Waals surface area contributed by atoms with E-state index in [9.17, 15) is 18.4 Å². The summed E-state index contributed by atoms with van der Waals surface area (Å²) in [6.07, 6.45) is 3.23. The number of carbonyl (C=O) groups is 2. The molecule has 3 atom stereocenters. The summed E-state index contributed by atoms with van der Waals surface area (Å²) in [5.74, 6) is -1.56. The minimum atomic E-state index is -1.04. The Morgan fingerprint density at radius 2 is 1.81 bits per heavy atom. The van der Waals surface area contributed by atoms with Gasteiger partial charge in [0.2, 0.25) is 0 Å². The molecule has 31 heavy (non-hydrogen) atoms. The van der Waals surface area contributed by atoms with Crippen molar-refractivity contribution in [3.8, 4) is 0 Å². The van der Waals surface area contributed by atoms with Crippen molar-refractivity contribution < 1.29 is 18.4 Å². The Morgan fingerprint density at radius 1 is 1.06 bits per heavy atom. The van der Waals surface area contributed by atoms with Crippen LogP contribution in [-0.4, -0.2) is 30.0 Å². The van der Waals surface area contributed by atoms with Gasteiger partial charge in [0.15, 0.2) is 0 Å². The third-order valence-corrected chi connectivity index (χ3v) is 6.11. The third-order valence-electron chi connectivity index (χ3n) is 6.11. The molecule has 3 aromatic rings. The molecule has 3 unspecified atom stereocenters. The Balaban J connectivity index is 1.67. The number of alkyl halides is 1. The number of aromatic amines is 1. The van der Waals surface area contributed by atoms with Gasteiger partial charge < -0.3 is 15.6 Å². The molecule has 2 aromatic carbocycles. The van der Waals surface area contributed by atoms with Crippen molar-refractivity contribution in [2.24, 2.45) is 5.92 Å². The number of aromatic nitrogens is 1. The molecule has 0 saturated heterocycles. The monoisotopic (exact) mass is 425 g/mol. The highest BCUT2D eigenvalue weighted by molar-refractivity contribution is 6.07. The highest BCUT2D eigenvalue weighted by Crippen LogP contribution is 2.37. The first-order valence-corrected chi connectivity index (χ1v) is 10.5. The molecule has 1 aliphatic carbocycles. The van der Waals surface area contributed by atoms with Crippen molar-refractivity contribution in [1.82, 2.24) is 15.6 Å². The number of carbonyl (C=O) groups excluding carboxylic acids is 2. The van der Waals surface area contributed by atoms with Crippen LogP contribution in [0, 0.1) is 11.7 Å². The summed E-state index contributed by atoms with van der Waals surface area (Å²) in [6.45, 7) is 0. The Bertz CT molecular complexity index is 1090. The minimum absolute atomic E-state index is 0.186. The van der Waals surface area contributed by atoms with Crippen LogP contribution in [-0.2, 0) is 0 Å². The maximum absolute atomic E-state index is 14.9. The summed E-state index contributed by atoms with van der Waals surface area (Å²) >= 11 is 0. The SMILES string of the molecule is CNC(=O)c1ccc(C(NC(=O)c2c[nH]c3cccc(F)c23)C2CCCCC2F)cc1. The topological polar surface area (TPSA) is 74.0 Å². The lowest BCUT2D eigenvalue weighted by Crippen LogP contribution is -2.38. The second kappa shape index (κ2) is 8.88. The van der Waals surface area contributed by atoms with Crippen LogP contribution in [0.15, 0.2) is 48.7 Å². The van der Waals surface area contributed by atoms with Crippen LogP contribution < -0.4 is 10.6 Å². The molecule has 1 heterocycles. The molecule has 1 aliphatic rings. The Kier molecular flexibility index (Phi) is 6.02. The molecule has 1 saturated carbocycles. The van der Waals surface area contributed by atoms with E-state index < -0.39 is 29.9 Å². The van der Waals surface area contributed by atoms with Gasteiger partial charge in [0.1, 0.15) is 12.0 Å². The first-order valence-electron chi connectivity index (χ1n) is 10.5. The van der Waals surface area contributed by atoms with E-state index in [-0.39, 0.29) is 16.9 Å². The summed E-state index contributed by atoms with van der Waals surface area (Å²) in [4.78, 5) is 27.9. The Morgan fingerprint density at radius 3 is 2.52 bits per heavy atom. The fraction of sp³-hybridized carbons (Fsp3) is 0.333. The smallest absolute Gasteiger partial charge is 0.254 e. The molecule has 7 heteroatoms. The fourth-order valence-corrected chi connectivity index (χ4v) is 4.45. The molecule has 0 bridgehead atoms. The molecule has 1 aromatic heterocycles. The van der Waals surface area contributed by atoms with Gasteiger partial charge in [-0.05, 0) is 42.7 Å². The van der Waals surface area contributed by atoms with Crippen LogP contribution in [0.1, 0.15) is 58.0 Å². The number of nitrogens with one attached hydrogen (secondary N) is 3. The van der Waals surface area contributed by atoms with Gasteiger partial charge in [-0.1, -0.05) is 31.0 Å². The van der Waals surface area contributed by atoms with Crippen LogP contribution in [0.5, 0.6) is 0 Å². The van der Waals surface area contributed by atoms with Crippen LogP contribution in [0.25, 0.3) is 10.9 Å². The van der Waals surface area contributed by atoms with E-state index in [1.165, 1.54) is 12.3 Å². The van der Waals surface area contributed by atoms with Crippen molar-refractivity contribution in [3.63, 3.8) is 0 Å². The highest BCUT2D eigenvalue weighted by atomic mass is 19.1. The van der Waals surface area contributed by atoms with Gasteiger partial charge in [-0.15, -0.1) is 0 Å². The molecule has 2 amide bonds. The number of rotatable bonds is 5. The summed E-state index contributed by atoms with van der Waals surface area (Å²) in [5, 5.41) is 5.73. The minimum Gasteiger partial charge on any atom is -0.360 e. The summed E-state index contributed by atoms with van der Waals surface area (Å²) in [6, 6.07) is 10.8. The van der Waals surface area contributed by atoms with Crippen molar-refractivity contribution in [1.29, 1.82) is 0 Å². The van der Waals surface area contributed by atoms with Crippen molar-refractivity contribution in [2.45, 2.75) is 37.9 Å². The average Bonchev–Trinajstić information content (AvgIpc) is 3.23. The van der Waals surface area contributed by atoms with E-state index >= 15 is 0 Å². The van der Waals surface area contributed by atoms with Gasteiger partial charge in [-0.3, -0.25) is 9.59 Å². The van der Waals surface area contributed by atoms with Crippen LogP contribution >= 0.6 is 0 Å². The first-order chi connectivity index (χ1) is 15.0. The Hall–Kier alpha value is -3.22. The largest absolute Gasteiger partial charge is 0.360 e. The number of fused-ring (bicyclic) bond motifs is 1. The number of hydrogen-bond acceptors (Lipinski definition) is 2. The second-order valence-corrected chi connectivity index (χ2v) is 7.98. The third kappa shape index (κ3) is 4.17. The average molecular weight is 425 g/mol. The second-order valence-electron chi connectivity index (χ2n) is 7.98. The molecule has 4 rings (SSSR count). The van der Waals surface area contributed by atoms with E-state index in [0.717, 1.165) is 18.4 Å². The van der Waals surface area contributed by atoms with Gasteiger partial charge >= 0.3 is 0 Å². The van der Waals surface area contributed by atoms with Crippen molar-refractivity contribution >= 4 is 22.7 Å². The van der Waals surface area contributed by atoms with E-state index in [0.29, 0.717) is 23.9 Å². The van der Waals surface area contributed by atoms with Gasteiger partial charge in [0.25, 0.3) is 11.8 Å². The maximum Gasteiger partial charge on any atom is 0.254 e. The molecule has 162 valence electrons. The predicted molar refractivity (Wildman–Crippen MR) is 115 cm³/mol. The number of halogens is 2. The number of H-pyrrole nitrogens is 1. The number of hydrogen-bond donors (Lipinski definition) is 3. The highest BCUT2D eigenvalue weighted by Gasteiger charge is 2.34. The quantitative estimate of drug-likeness (QED) is 0.556. The molecule has 5 nitrogen and oxygen atoms in total. The van der Waals surface area contributed by atoms with Gasteiger partial charge in [-0.2, -0.15) is 0 Å². The van der Waals surface area contributed by atoms with Gasteiger partial charge in [0, 0.05) is 35.6 Å². The van der Waals surface area contributed by atoms with Crippen LogP contribution in [0.4, 0.5) is 8.78 Å². The number of amides is 2. The molecule has 1 fully saturated rings. The lowest BCUT2D eigenvalue weighted by molar-refractivity contribution is 0.0852. The Labute approximate surface area is 179 Å². The number of benzene rings is 2. The van der Waals surface area contributed by atoms with Crippen LogP contribution in [0.3, 0.4) is 0 Å². The maximum atomic E-state index is 14.9. The van der Waals surface area contributed by atoms with Gasteiger partial charge in [-0.25, -0.2) is 8.78 Å². The summed E-state index contributed by atoms with van der Waals surface area (Å²) in [7, 11) is 1.55. The molecule has 0 aliphatic heterocycles. The lowest BCUT2D eigenvalue weighted by atomic mass is 9.79. The zero-order valence-electron chi connectivity index (χ0n) is 17.3. The predicted octanol–water partition coefficient (Wildman–Crippen LogP) is 4.67. The van der Waals surface area contributed by atoms with Crippen molar-refractivity contribution in [2.75, 3.05) is 7.05 Å². The molecular weight excluding hydrogens is 400 g/mol.